The van der Waals surface area contributed by atoms with E-state index < -0.39 is 27.1 Å². The van der Waals surface area contributed by atoms with Gasteiger partial charge >= 0.3 is 27.0 Å². The molecule has 4 aliphatic heterocycles. The molecule has 0 bridgehead atoms. The summed E-state index contributed by atoms with van der Waals surface area (Å²) in [6.07, 6.45) is 0.640. The number of halogens is 3. The lowest BCUT2D eigenvalue weighted by Crippen LogP contribution is -2.34. The van der Waals surface area contributed by atoms with Gasteiger partial charge in [0.2, 0.25) is 11.8 Å². The van der Waals surface area contributed by atoms with E-state index in [-0.39, 0.29) is 43.4 Å². The molecule has 2 aromatic carbocycles. The molecular formula is C38H37F3N4O11S. The molecule has 2 atom stereocenters. The molecule has 2 aromatic heterocycles. The third-order valence-electron chi connectivity index (χ3n) is 9.28. The van der Waals surface area contributed by atoms with Gasteiger partial charge in [0.15, 0.2) is 0 Å². The number of alkyl halides is 3. The lowest BCUT2D eigenvalue weighted by atomic mass is 9.95. The van der Waals surface area contributed by atoms with Crippen LogP contribution in [0.4, 0.5) is 13.2 Å². The maximum Gasteiger partial charge on any atom is 0.534 e. The maximum absolute atomic E-state index is 12.6. The molecule has 0 spiro atoms. The summed E-state index contributed by atoms with van der Waals surface area (Å²) in [5.41, 5.74) is -0.832. The van der Waals surface area contributed by atoms with Crippen molar-refractivity contribution in [1.29, 1.82) is 0 Å². The van der Waals surface area contributed by atoms with Crippen LogP contribution in [0.15, 0.2) is 58.1 Å². The number of ether oxygens (including phenoxy) is 6. The first-order valence-electron chi connectivity index (χ1n) is 18.0. The molecule has 2 fully saturated rings. The fourth-order valence-corrected chi connectivity index (χ4v) is 7.06. The summed E-state index contributed by atoms with van der Waals surface area (Å²) in [5.74, 6) is 5.92. The Hall–Kier alpha value is -5.26. The van der Waals surface area contributed by atoms with Crippen molar-refractivity contribution in [2.45, 2.75) is 50.6 Å². The lowest BCUT2D eigenvalue weighted by molar-refractivity contribution is -0.102. The Morgan fingerprint density at radius 3 is 1.79 bits per heavy atom. The van der Waals surface area contributed by atoms with E-state index in [1.165, 1.54) is 28.3 Å². The molecule has 2 unspecified atom stereocenters. The Morgan fingerprint density at radius 2 is 1.30 bits per heavy atom. The van der Waals surface area contributed by atoms with Crippen molar-refractivity contribution in [1.82, 2.24) is 19.1 Å². The van der Waals surface area contributed by atoms with Crippen LogP contribution < -0.4 is 25.0 Å². The van der Waals surface area contributed by atoms with Crippen molar-refractivity contribution in [3.05, 3.63) is 86.2 Å². The number of hydrogen-bond acceptors (Lipinski definition) is 13. The van der Waals surface area contributed by atoms with Crippen LogP contribution in [0.3, 0.4) is 0 Å². The predicted molar refractivity (Wildman–Crippen MR) is 196 cm³/mol. The van der Waals surface area contributed by atoms with E-state index in [1.807, 2.05) is 25.1 Å². The standard InChI is InChI=1S/C20H20N2O4.C18H17F3N2O7S/c1-2-3-14-4-5-17-15(10-14)6-7-22-18(17)11-19(21-20(22)23)26-13-16-12-24-8-9-25-16;19-18(20,21)31(25,26)30-12-1-2-14-11(7-12)3-4-23-15(14)8-16(22-17(23)24)29-10-13-9-27-5-6-28-13/h4-5,10-11,16H,6-9,12-13H2,1H3;1-2,7-8,13H,3-6,9-10H2. The Kier molecular flexibility index (Phi) is 12.0. The molecule has 6 heterocycles. The number of hydrogen-bond donors (Lipinski definition) is 0. The number of aryl methyl sites for hydroxylation is 2. The fraction of sp³-hybridized carbons (Fsp3) is 0.421. The molecule has 4 aliphatic rings. The number of rotatable bonds is 8. The van der Waals surface area contributed by atoms with Crippen molar-refractivity contribution in [2.75, 3.05) is 52.9 Å². The van der Waals surface area contributed by atoms with Crippen LogP contribution in [0.1, 0.15) is 23.6 Å². The van der Waals surface area contributed by atoms with E-state index in [0.717, 1.165) is 29.3 Å². The van der Waals surface area contributed by atoms with Gasteiger partial charge in [-0.3, -0.25) is 9.13 Å². The molecule has 57 heavy (non-hydrogen) atoms. The second kappa shape index (κ2) is 17.1. The van der Waals surface area contributed by atoms with Crippen molar-refractivity contribution in [3.8, 4) is 51.9 Å². The summed E-state index contributed by atoms with van der Waals surface area (Å²) in [5, 5.41) is 0. The number of aromatic nitrogens is 4. The summed E-state index contributed by atoms with van der Waals surface area (Å²) in [4.78, 5) is 32.8. The van der Waals surface area contributed by atoms with Gasteiger partial charge in [0.05, 0.1) is 51.0 Å². The molecular weight excluding hydrogens is 777 g/mol. The van der Waals surface area contributed by atoms with Gasteiger partial charge in [0, 0.05) is 41.9 Å². The molecule has 0 saturated carbocycles. The molecule has 0 radical (unpaired) electrons. The molecule has 19 heteroatoms. The first kappa shape index (κ1) is 40.0. The topological polar surface area (TPSA) is 169 Å². The summed E-state index contributed by atoms with van der Waals surface area (Å²) in [7, 11) is -5.78. The third-order valence-corrected chi connectivity index (χ3v) is 10.3. The van der Waals surface area contributed by atoms with Crippen LogP contribution in [-0.2, 0) is 55.0 Å². The van der Waals surface area contributed by atoms with E-state index in [1.54, 1.807) is 4.57 Å². The summed E-state index contributed by atoms with van der Waals surface area (Å²) in [6.45, 7) is 6.05. The van der Waals surface area contributed by atoms with E-state index in [9.17, 15) is 31.2 Å². The van der Waals surface area contributed by atoms with Gasteiger partial charge in [-0.25, -0.2) is 9.59 Å². The lowest BCUT2D eigenvalue weighted by Gasteiger charge is -2.24. The van der Waals surface area contributed by atoms with Gasteiger partial charge in [-0.05, 0) is 61.2 Å². The number of benzene rings is 2. The Bertz CT molecular complexity index is 2410. The van der Waals surface area contributed by atoms with Crippen molar-refractivity contribution >= 4 is 10.1 Å². The van der Waals surface area contributed by atoms with E-state index >= 15 is 0 Å². The minimum absolute atomic E-state index is 0.0678. The quantitative estimate of drug-likeness (QED) is 0.145. The molecule has 302 valence electrons. The van der Waals surface area contributed by atoms with E-state index in [0.29, 0.717) is 75.5 Å². The highest BCUT2D eigenvalue weighted by Gasteiger charge is 2.48. The monoisotopic (exact) mass is 814 g/mol. The second-order valence-electron chi connectivity index (χ2n) is 13.1. The van der Waals surface area contributed by atoms with Gasteiger partial charge in [-0.1, -0.05) is 12.0 Å². The van der Waals surface area contributed by atoms with Crippen LogP contribution in [0.5, 0.6) is 17.5 Å². The highest BCUT2D eigenvalue weighted by Crippen LogP contribution is 2.35. The van der Waals surface area contributed by atoms with Gasteiger partial charge in [0.25, 0.3) is 0 Å². The Balaban J connectivity index is 0.000000177. The van der Waals surface area contributed by atoms with E-state index in [4.69, 9.17) is 28.4 Å². The number of nitrogens with zero attached hydrogens (tertiary/aromatic N) is 4. The highest BCUT2D eigenvalue weighted by molar-refractivity contribution is 7.88. The SMILES string of the molecule is CC#Cc1ccc2c(c1)CCn1c-2cc(OCC2COCCO2)nc1=O.O=c1nc(OCC2COCCO2)cc2n1CCc1cc(OS(=O)(=O)C(F)(F)F)ccc1-2. The zero-order valence-corrected chi connectivity index (χ0v) is 31.4. The minimum Gasteiger partial charge on any atom is -0.475 e. The van der Waals surface area contributed by atoms with Gasteiger partial charge in [0.1, 0.15) is 31.2 Å². The molecule has 2 saturated heterocycles. The molecule has 8 rings (SSSR count). The van der Waals surface area contributed by atoms with Crippen molar-refractivity contribution in [3.63, 3.8) is 0 Å². The first-order chi connectivity index (χ1) is 27.4. The average molecular weight is 815 g/mol. The number of fused-ring (bicyclic) bond motifs is 6. The molecule has 4 aromatic rings. The minimum atomic E-state index is -5.78. The van der Waals surface area contributed by atoms with Crippen LogP contribution in [-0.4, -0.2) is 98.1 Å². The zero-order valence-electron chi connectivity index (χ0n) is 30.6. The van der Waals surface area contributed by atoms with Crippen LogP contribution in [0, 0.1) is 11.8 Å². The van der Waals surface area contributed by atoms with Gasteiger partial charge in [-0.15, -0.1) is 5.92 Å². The largest absolute Gasteiger partial charge is 0.534 e. The summed E-state index contributed by atoms with van der Waals surface area (Å²) >= 11 is 0. The smallest absolute Gasteiger partial charge is 0.475 e. The van der Waals surface area contributed by atoms with Crippen LogP contribution in [0.2, 0.25) is 0 Å². The van der Waals surface area contributed by atoms with E-state index in [2.05, 4.69) is 32.1 Å². The Morgan fingerprint density at radius 1 is 0.772 bits per heavy atom. The van der Waals surface area contributed by atoms with Crippen molar-refractivity contribution < 1.29 is 54.2 Å². The van der Waals surface area contributed by atoms with Crippen LogP contribution in [0.25, 0.3) is 22.5 Å². The van der Waals surface area contributed by atoms with Gasteiger partial charge in [-0.2, -0.15) is 31.6 Å². The van der Waals surface area contributed by atoms with Gasteiger partial charge < -0.3 is 32.6 Å². The third kappa shape index (κ3) is 9.32. The highest BCUT2D eigenvalue weighted by atomic mass is 32.2. The maximum atomic E-state index is 12.6. The molecule has 0 N–H and O–H groups in total. The zero-order chi connectivity index (χ0) is 40.2. The Labute approximate surface area is 324 Å². The first-order valence-corrected chi connectivity index (χ1v) is 19.4. The summed E-state index contributed by atoms with van der Waals surface area (Å²) in [6, 6.07) is 13.1. The van der Waals surface area contributed by atoms with Crippen molar-refractivity contribution in [2.24, 2.45) is 0 Å². The fourth-order valence-electron chi connectivity index (χ4n) is 6.61. The van der Waals surface area contributed by atoms with Crippen LogP contribution >= 0.6 is 0 Å². The average Bonchev–Trinajstić information content (AvgIpc) is 3.19. The summed E-state index contributed by atoms with van der Waals surface area (Å²) < 4.78 is 100. The molecule has 0 aliphatic carbocycles. The second-order valence-corrected chi connectivity index (χ2v) is 14.7. The molecule has 15 nitrogen and oxygen atoms in total. The molecule has 0 amide bonds. The predicted octanol–water partition coefficient (Wildman–Crippen LogP) is 3.12. The normalized spacial score (nSPS) is 18.5.